The van der Waals surface area contributed by atoms with Gasteiger partial charge in [-0.25, -0.2) is 9.37 Å². The van der Waals surface area contributed by atoms with Gasteiger partial charge in [0.05, 0.1) is 5.69 Å². The van der Waals surface area contributed by atoms with Gasteiger partial charge in [0.2, 0.25) is 0 Å². The van der Waals surface area contributed by atoms with Gasteiger partial charge in [0.1, 0.15) is 11.5 Å². The number of rotatable bonds is 2. The molecule has 0 spiro atoms. The first-order chi connectivity index (χ1) is 8.61. The van der Waals surface area contributed by atoms with Crippen LogP contribution in [0.2, 0.25) is 0 Å². The van der Waals surface area contributed by atoms with Crippen LogP contribution in [0.15, 0.2) is 36.4 Å². The lowest BCUT2D eigenvalue weighted by molar-refractivity contribution is 0.0995. The molecule has 4 heteroatoms. The number of halogens is 1. The third-order valence-electron chi connectivity index (χ3n) is 2.41. The molecule has 0 fully saturated rings. The predicted octanol–water partition coefficient (Wildman–Crippen LogP) is 1.97. The summed E-state index contributed by atoms with van der Waals surface area (Å²) < 4.78 is 13.7. The smallest absolute Gasteiger partial charge is 0.267 e. The van der Waals surface area contributed by atoms with E-state index in [1.807, 2.05) is 0 Å². The lowest BCUT2D eigenvalue weighted by Gasteiger charge is -2.04. The molecular weight excluding hydrogens is 231 g/mol. The predicted molar refractivity (Wildman–Crippen MR) is 66.1 cm³/mol. The van der Waals surface area contributed by atoms with Crippen molar-refractivity contribution in [1.82, 2.24) is 4.98 Å². The summed E-state index contributed by atoms with van der Waals surface area (Å²) in [6.45, 7) is 0. The van der Waals surface area contributed by atoms with E-state index in [0.717, 1.165) is 0 Å². The Morgan fingerprint density at radius 1 is 1.33 bits per heavy atom. The quantitative estimate of drug-likeness (QED) is 0.816. The second-order valence-corrected chi connectivity index (χ2v) is 3.61. The monoisotopic (exact) mass is 240 g/mol. The second-order valence-electron chi connectivity index (χ2n) is 3.61. The van der Waals surface area contributed by atoms with Crippen molar-refractivity contribution in [3.05, 3.63) is 53.5 Å². The normalized spacial score (nSPS) is 9.78. The molecule has 0 aliphatic heterocycles. The van der Waals surface area contributed by atoms with E-state index in [0.29, 0.717) is 11.3 Å². The van der Waals surface area contributed by atoms with Crippen LogP contribution in [0.5, 0.6) is 0 Å². The Balaban J connectivity index is 2.58. The molecule has 0 bridgehead atoms. The highest BCUT2D eigenvalue weighted by Gasteiger charge is 2.09. The number of nitrogens with zero attached hydrogens (tertiary/aromatic N) is 1. The molecule has 2 aromatic rings. The van der Waals surface area contributed by atoms with E-state index >= 15 is 0 Å². The highest BCUT2D eigenvalue weighted by molar-refractivity contribution is 5.91. The zero-order valence-electron chi connectivity index (χ0n) is 9.35. The Morgan fingerprint density at radius 2 is 2.11 bits per heavy atom. The largest absolute Gasteiger partial charge is 0.364 e. The fourth-order valence-electron chi connectivity index (χ4n) is 1.53. The number of benzene rings is 1. The first-order valence-corrected chi connectivity index (χ1v) is 5.15. The number of aromatic nitrogens is 1. The molecule has 18 heavy (non-hydrogen) atoms. The molecule has 88 valence electrons. The highest BCUT2D eigenvalue weighted by Crippen LogP contribution is 2.22. The average Bonchev–Trinajstić information content (AvgIpc) is 2.39. The van der Waals surface area contributed by atoms with Crippen molar-refractivity contribution in [1.29, 1.82) is 0 Å². The molecule has 0 saturated heterocycles. The molecular formula is C14H9FN2O. The van der Waals surface area contributed by atoms with E-state index in [-0.39, 0.29) is 11.3 Å². The summed E-state index contributed by atoms with van der Waals surface area (Å²) in [6.07, 6.45) is 5.26. The molecule has 1 aromatic carbocycles. The van der Waals surface area contributed by atoms with Crippen molar-refractivity contribution in [2.75, 3.05) is 0 Å². The third kappa shape index (κ3) is 2.20. The summed E-state index contributed by atoms with van der Waals surface area (Å²) in [7, 11) is 0. The minimum Gasteiger partial charge on any atom is -0.364 e. The summed E-state index contributed by atoms with van der Waals surface area (Å²) >= 11 is 0. The highest BCUT2D eigenvalue weighted by atomic mass is 19.1. The Bertz CT molecular complexity index is 659. The van der Waals surface area contributed by atoms with Crippen molar-refractivity contribution in [2.24, 2.45) is 5.73 Å². The first-order valence-electron chi connectivity index (χ1n) is 5.15. The van der Waals surface area contributed by atoms with Gasteiger partial charge in [0.15, 0.2) is 0 Å². The van der Waals surface area contributed by atoms with Gasteiger partial charge in [0, 0.05) is 11.1 Å². The van der Waals surface area contributed by atoms with Gasteiger partial charge in [-0.05, 0) is 30.3 Å². The molecule has 1 heterocycles. The molecule has 0 aliphatic rings. The van der Waals surface area contributed by atoms with Gasteiger partial charge in [-0.2, -0.15) is 0 Å². The van der Waals surface area contributed by atoms with Crippen LogP contribution >= 0.6 is 0 Å². The fraction of sp³-hybridized carbons (Fsp3) is 0. The van der Waals surface area contributed by atoms with E-state index in [1.54, 1.807) is 12.1 Å². The minimum atomic E-state index is -0.662. The van der Waals surface area contributed by atoms with Gasteiger partial charge in [-0.1, -0.05) is 12.0 Å². The molecule has 1 aromatic heterocycles. The Kier molecular flexibility index (Phi) is 3.07. The molecule has 3 nitrogen and oxygen atoms in total. The van der Waals surface area contributed by atoms with E-state index in [4.69, 9.17) is 12.2 Å². The van der Waals surface area contributed by atoms with Crippen LogP contribution in [0.25, 0.3) is 11.3 Å². The number of hydrogen-bond donors (Lipinski definition) is 1. The van der Waals surface area contributed by atoms with Gasteiger partial charge in [0.25, 0.3) is 5.91 Å². The lowest BCUT2D eigenvalue weighted by atomic mass is 10.1. The van der Waals surface area contributed by atoms with Crippen molar-refractivity contribution in [3.8, 4) is 23.6 Å². The number of primary amides is 1. The Hall–Kier alpha value is -2.67. The number of nitrogens with two attached hydrogens (primary N) is 1. The van der Waals surface area contributed by atoms with Crippen LogP contribution in [0.4, 0.5) is 4.39 Å². The lowest BCUT2D eigenvalue weighted by Crippen LogP contribution is -2.13. The number of amides is 1. The molecule has 1 amide bonds. The number of terminal acetylenes is 1. The van der Waals surface area contributed by atoms with Crippen LogP contribution in [0, 0.1) is 18.2 Å². The van der Waals surface area contributed by atoms with Gasteiger partial charge < -0.3 is 5.73 Å². The third-order valence-corrected chi connectivity index (χ3v) is 2.41. The zero-order valence-corrected chi connectivity index (χ0v) is 9.35. The van der Waals surface area contributed by atoms with Crippen molar-refractivity contribution < 1.29 is 9.18 Å². The van der Waals surface area contributed by atoms with E-state index in [2.05, 4.69) is 10.9 Å². The Morgan fingerprint density at radius 3 is 2.78 bits per heavy atom. The maximum atomic E-state index is 13.7. The molecule has 0 radical (unpaired) electrons. The topological polar surface area (TPSA) is 56.0 Å². The molecule has 0 saturated carbocycles. The summed E-state index contributed by atoms with van der Waals surface area (Å²) in [4.78, 5) is 15.0. The first kappa shape index (κ1) is 11.8. The van der Waals surface area contributed by atoms with E-state index in [1.165, 1.54) is 24.3 Å². The number of hydrogen-bond acceptors (Lipinski definition) is 2. The van der Waals surface area contributed by atoms with Crippen LogP contribution in [0.1, 0.15) is 16.1 Å². The van der Waals surface area contributed by atoms with Gasteiger partial charge in [-0.3, -0.25) is 4.79 Å². The molecule has 0 aliphatic carbocycles. The van der Waals surface area contributed by atoms with Crippen molar-refractivity contribution in [3.63, 3.8) is 0 Å². The summed E-state index contributed by atoms with van der Waals surface area (Å²) in [5.74, 6) is 1.30. The zero-order chi connectivity index (χ0) is 13.1. The second kappa shape index (κ2) is 4.68. The van der Waals surface area contributed by atoms with Crippen LogP contribution in [0.3, 0.4) is 0 Å². The minimum absolute atomic E-state index is 0.0815. The standard InChI is InChI=1S/C14H9FN2O/c1-2-9-6-7-11(15)10(8-9)12-4-3-5-13(17-12)14(16)18/h1,3-8H,(H2,16,18). The fourth-order valence-corrected chi connectivity index (χ4v) is 1.53. The Labute approximate surface area is 103 Å². The van der Waals surface area contributed by atoms with Gasteiger partial charge >= 0.3 is 0 Å². The average molecular weight is 240 g/mol. The van der Waals surface area contributed by atoms with E-state index in [9.17, 15) is 9.18 Å². The molecule has 2 N–H and O–H groups in total. The van der Waals surface area contributed by atoms with Crippen molar-refractivity contribution >= 4 is 5.91 Å². The summed E-state index contributed by atoms with van der Waals surface area (Å²) in [6, 6.07) is 8.91. The summed E-state index contributed by atoms with van der Waals surface area (Å²) in [5.41, 5.74) is 6.31. The van der Waals surface area contributed by atoms with E-state index < -0.39 is 11.7 Å². The van der Waals surface area contributed by atoms with Crippen LogP contribution in [-0.2, 0) is 0 Å². The maximum absolute atomic E-state index is 13.7. The number of carbonyl (C=O) groups excluding carboxylic acids is 1. The van der Waals surface area contributed by atoms with Gasteiger partial charge in [-0.15, -0.1) is 6.42 Å². The molecule has 2 rings (SSSR count). The number of pyridine rings is 1. The van der Waals surface area contributed by atoms with Crippen LogP contribution < -0.4 is 5.73 Å². The number of carbonyl (C=O) groups is 1. The summed E-state index contributed by atoms with van der Waals surface area (Å²) in [5, 5.41) is 0. The van der Waals surface area contributed by atoms with Crippen LogP contribution in [-0.4, -0.2) is 10.9 Å². The molecule has 0 unspecified atom stereocenters. The SMILES string of the molecule is C#Cc1ccc(F)c(-c2cccc(C(N)=O)n2)c1. The molecule has 0 atom stereocenters. The van der Waals surface area contributed by atoms with Crippen molar-refractivity contribution in [2.45, 2.75) is 0 Å². The maximum Gasteiger partial charge on any atom is 0.267 e.